The van der Waals surface area contributed by atoms with Gasteiger partial charge in [-0.2, -0.15) is 13.2 Å². The number of hydrogen-bond donors (Lipinski definition) is 0. The van der Waals surface area contributed by atoms with Crippen LogP contribution in [0.3, 0.4) is 0 Å². The largest absolute Gasteiger partial charge is 0.416 e. The number of anilines is 1. The molecule has 1 aromatic heterocycles. The van der Waals surface area contributed by atoms with Crippen LogP contribution in [0.15, 0.2) is 60.7 Å². The van der Waals surface area contributed by atoms with Gasteiger partial charge >= 0.3 is 6.18 Å². The van der Waals surface area contributed by atoms with Crippen LogP contribution in [0.4, 0.5) is 19.0 Å². The molecule has 0 spiro atoms. The highest BCUT2D eigenvalue weighted by molar-refractivity contribution is 6.29. The Balaban J connectivity index is 2.02. The Kier molecular flexibility index (Phi) is 5.14. The summed E-state index contributed by atoms with van der Waals surface area (Å²) >= 11 is 5.94. The fraction of sp³-hybridized carbons (Fsp3) is 0.105. The average Bonchev–Trinajstić information content (AvgIpc) is 2.67. The molecule has 1 amide bonds. The lowest BCUT2D eigenvalue weighted by atomic mass is 10.1. The van der Waals surface area contributed by atoms with Crippen molar-refractivity contribution in [1.82, 2.24) is 10.2 Å². The summed E-state index contributed by atoms with van der Waals surface area (Å²) in [7, 11) is 1.42. The molecule has 2 aromatic carbocycles. The summed E-state index contributed by atoms with van der Waals surface area (Å²) in [5, 5.41) is 7.87. The molecule has 0 saturated carbocycles. The first-order chi connectivity index (χ1) is 12.8. The number of alkyl halides is 3. The number of rotatable bonds is 3. The fourth-order valence-corrected chi connectivity index (χ4v) is 2.70. The van der Waals surface area contributed by atoms with Crippen molar-refractivity contribution in [2.75, 3.05) is 11.9 Å². The highest BCUT2D eigenvalue weighted by Gasteiger charge is 2.31. The Hall–Kier alpha value is -2.93. The molecule has 1 heterocycles. The molecular formula is C19H13ClF3N3O. The van der Waals surface area contributed by atoms with E-state index in [4.69, 9.17) is 11.6 Å². The minimum Gasteiger partial charge on any atom is -0.294 e. The predicted octanol–water partition coefficient (Wildman–Crippen LogP) is 5.09. The standard InChI is InChI=1S/C19H13ClF3N3O/c1-26(18(27)13-8-5-9-14(10-13)19(21,22)23)17-15(11-16(20)24-25-17)12-6-3-2-4-7-12/h2-11H,1H3. The van der Waals surface area contributed by atoms with Gasteiger partial charge in [-0.3, -0.25) is 9.69 Å². The van der Waals surface area contributed by atoms with Crippen LogP contribution in [0, 0.1) is 0 Å². The Morgan fingerprint density at radius 2 is 1.70 bits per heavy atom. The van der Waals surface area contributed by atoms with Crippen LogP contribution < -0.4 is 4.90 Å². The second-order valence-electron chi connectivity index (χ2n) is 5.71. The Labute approximate surface area is 158 Å². The lowest BCUT2D eigenvalue weighted by Crippen LogP contribution is -2.28. The van der Waals surface area contributed by atoms with E-state index in [0.717, 1.165) is 22.6 Å². The van der Waals surface area contributed by atoms with Crippen LogP contribution in [0.25, 0.3) is 11.1 Å². The van der Waals surface area contributed by atoms with E-state index in [9.17, 15) is 18.0 Å². The van der Waals surface area contributed by atoms with Gasteiger partial charge < -0.3 is 0 Å². The molecule has 4 nitrogen and oxygen atoms in total. The molecule has 0 bridgehead atoms. The van der Waals surface area contributed by atoms with Gasteiger partial charge in [0.05, 0.1) is 5.56 Å². The van der Waals surface area contributed by atoms with Gasteiger partial charge in [0.1, 0.15) is 0 Å². The molecule has 0 fully saturated rings. The van der Waals surface area contributed by atoms with Gasteiger partial charge in [0.25, 0.3) is 5.91 Å². The first kappa shape index (κ1) is 18.8. The number of hydrogen-bond acceptors (Lipinski definition) is 3. The second-order valence-corrected chi connectivity index (χ2v) is 6.10. The molecule has 0 unspecified atom stereocenters. The highest BCUT2D eigenvalue weighted by atomic mass is 35.5. The highest BCUT2D eigenvalue weighted by Crippen LogP contribution is 2.32. The normalized spacial score (nSPS) is 11.3. The molecule has 0 saturated heterocycles. The van der Waals surface area contributed by atoms with Crippen LogP contribution in [-0.4, -0.2) is 23.2 Å². The number of amides is 1. The van der Waals surface area contributed by atoms with Crippen LogP contribution >= 0.6 is 11.6 Å². The van der Waals surface area contributed by atoms with Crippen molar-refractivity contribution in [2.45, 2.75) is 6.18 Å². The first-order valence-electron chi connectivity index (χ1n) is 7.81. The van der Waals surface area contributed by atoms with Crippen molar-refractivity contribution < 1.29 is 18.0 Å². The van der Waals surface area contributed by atoms with Gasteiger partial charge in [-0.25, -0.2) is 0 Å². The summed E-state index contributed by atoms with van der Waals surface area (Å²) in [4.78, 5) is 13.9. The smallest absolute Gasteiger partial charge is 0.294 e. The monoisotopic (exact) mass is 391 g/mol. The molecule has 3 rings (SSSR count). The fourth-order valence-electron chi connectivity index (χ4n) is 2.56. The topological polar surface area (TPSA) is 46.1 Å². The van der Waals surface area contributed by atoms with E-state index >= 15 is 0 Å². The first-order valence-corrected chi connectivity index (χ1v) is 8.19. The Morgan fingerprint density at radius 1 is 1.00 bits per heavy atom. The predicted molar refractivity (Wildman–Crippen MR) is 96.7 cm³/mol. The number of carbonyl (C=O) groups excluding carboxylic acids is 1. The lowest BCUT2D eigenvalue weighted by molar-refractivity contribution is -0.137. The Morgan fingerprint density at radius 3 is 2.37 bits per heavy atom. The molecule has 0 N–H and O–H groups in total. The summed E-state index contributed by atoms with van der Waals surface area (Å²) in [5.41, 5.74) is 0.279. The van der Waals surface area contributed by atoms with E-state index in [0.29, 0.717) is 5.56 Å². The third kappa shape index (κ3) is 4.09. The van der Waals surface area contributed by atoms with Crippen molar-refractivity contribution in [2.24, 2.45) is 0 Å². The van der Waals surface area contributed by atoms with Gasteiger partial charge in [-0.15, -0.1) is 10.2 Å². The Bertz CT molecular complexity index is 977. The third-order valence-electron chi connectivity index (χ3n) is 3.89. The van der Waals surface area contributed by atoms with Crippen LogP contribution in [0.1, 0.15) is 15.9 Å². The van der Waals surface area contributed by atoms with Crippen molar-refractivity contribution in [3.05, 3.63) is 76.9 Å². The zero-order chi connectivity index (χ0) is 19.6. The summed E-state index contributed by atoms with van der Waals surface area (Å²) in [6.07, 6.45) is -4.54. The van der Waals surface area contributed by atoms with Gasteiger partial charge in [-0.1, -0.05) is 48.0 Å². The molecule has 0 aliphatic rings. The van der Waals surface area contributed by atoms with E-state index in [1.165, 1.54) is 19.2 Å². The summed E-state index contributed by atoms with van der Waals surface area (Å²) in [6, 6.07) is 14.8. The minimum absolute atomic E-state index is 0.108. The van der Waals surface area contributed by atoms with E-state index < -0.39 is 17.6 Å². The summed E-state index contributed by atoms with van der Waals surface area (Å²) in [5.74, 6) is -0.456. The molecule has 27 heavy (non-hydrogen) atoms. The quantitative estimate of drug-likeness (QED) is 0.624. The minimum atomic E-state index is -4.54. The van der Waals surface area contributed by atoms with Gasteiger partial charge in [0.2, 0.25) is 0 Å². The van der Waals surface area contributed by atoms with Gasteiger partial charge in [0.15, 0.2) is 11.0 Å². The molecule has 0 aliphatic heterocycles. The number of halogens is 4. The van der Waals surface area contributed by atoms with Crippen LogP contribution in [-0.2, 0) is 6.18 Å². The van der Waals surface area contributed by atoms with E-state index in [-0.39, 0.29) is 16.5 Å². The molecule has 138 valence electrons. The number of nitrogens with zero attached hydrogens (tertiary/aromatic N) is 3. The summed E-state index contributed by atoms with van der Waals surface area (Å²) < 4.78 is 38.8. The third-order valence-corrected chi connectivity index (χ3v) is 4.07. The van der Waals surface area contributed by atoms with E-state index in [1.54, 1.807) is 18.2 Å². The van der Waals surface area contributed by atoms with Crippen LogP contribution in [0.5, 0.6) is 0 Å². The van der Waals surface area contributed by atoms with Gasteiger partial charge in [-0.05, 0) is 29.8 Å². The number of aromatic nitrogens is 2. The average molecular weight is 392 g/mol. The van der Waals surface area contributed by atoms with Crippen molar-refractivity contribution >= 4 is 23.3 Å². The van der Waals surface area contributed by atoms with Gasteiger partial charge in [0, 0.05) is 18.2 Å². The maximum absolute atomic E-state index is 12.9. The molecule has 0 atom stereocenters. The lowest BCUT2D eigenvalue weighted by Gasteiger charge is -2.19. The SMILES string of the molecule is CN(C(=O)c1cccc(C(F)(F)F)c1)c1nnc(Cl)cc1-c1ccccc1. The number of benzene rings is 2. The number of carbonyl (C=O) groups is 1. The summed E-state index contributed by atoms with van der Waals surface area (Å²) in [6.45, 7) is 0. The second kappa shape index (κ2) is 7.36. The van der Waals surface area contributed by atoms with Crippen molar-refractivity contribution in [3.8, 4) is 11.1 Å². The molecule has 0 radical (unpaired) electrons. The molecular weight excluding hydrogens is 379 g/mol. The van der Waals surface area contributed by atoms with E-state index in [2.05, 4.69) is 10.2 Å². The molecule has 0 aliphatic carbocycles. The van der Waals surface area contributed by atoms with Crippen molar-refractivity contribution in [1.29, 1.82) is 0 Å². The molecule has 8 heteroatoms. The van der Waals surface area contributed by atoms with Crippen molar-refractivity contribution in [3.63, 3.8) is 0 Å². The maximum Gasteiger partial charge on any atom is 0.416 e. The van der Waals surface area contributed by atoms with Crippen LogP contribution in [0.2, 0.25) is 5.15 Å². The van der Waals surface area contributed by atoms with E-state index in [1.807, 2.05) is 18.2 Å². The zero-order valence-electron chi connectivity index (χ0n) is 14.0. The maximum atomic E-state index is 12.9. The molecule has 3 aromatic rings. The zero-order valence-corrected chi connectivity index (χ0v) is 14.8.